The van der Waals surface area contributed by atoms with Crippen molar-refractivity contribution in [2.45, 2.75) is 13.8 Å². The van der Waals surface area contributed by atoms with Crippen LogP contribution in [0.15, 0.2) is 35.6 Å². The van der Waals surface area contributed by atoms with Gasteiger partial charge in [-0.25, -0.2) is 9.98 Å². The van der Waals surface area contributed by atoms with Crippen molar-refractivity contribution in [2.24, 2.45) is 10.4 Å². The van der Waals surface area contributed by atoms with Crippen LogP contribution in [0.4, 0.5) is 0 Å². The predicted octanol–water partition coefficient (Wildman–Crippen LogP) is 1.04. The van der Waals surface area contributed by atoms with Crippen LogP contribution in [0, 0.1) is 5.41 Å². The van der Waals surface area contributed by atoms with Crippen LogP contribution in [0.3, 0.4) is 0 Å². The molecule has 1 aromatic rings. The van der Waals surface area contributed by atoms with E-state index in [4.69, 9.17) is 0 Å². The second-order valence-corrected chi connectivity index (χ2v) is 3.83. The van der Waals surface area contributed by atoms with E-state index in [-0.39, 0.29) is 5.41 Å². The summed E-state index contributed by atoms with van der Waals surface area (Å²) in [4.78, 5) is 8.46. The van der Waals surface area contributed by atoms with Crippen molar-refractivity contribution in [1.82, 2.24) is 4.98 Å². The highest BCUT2D eigenvalue weighted by molar-refractivity contribution is 5.35. The van der Waals surface area contributed by atoms with Gasteiger partial charge in [-0.1, -0.05) is 26.0 Å². The minimum absolute atomic E-state index is 0.0672. The Morgan fingerprint density at radius 3 is 3.00 bits per heavy atom. The summed E-state index contributed by atoms with van der Waals surface area (Å²) in [7, 11) is 0. The third-order valence-corrected chi connectivity index (χ3v) is 2.05. The number of hydrogen-bond donors (Lipinski definition) is 0. The molecule has 66 valence electrons. The van der Waals surface area contributed by atoms with Crippen LogP contribution in [-0.4, -0.2) is 4.98 Å². The van der Waals surface area contributed by atoms with Crippen molar-refractivity contribution in [1.29, 1.82) is 0 Å². The molecule has 2 heteroatoms. The summed E-state index contributed by atoms with van der Waals surface area (Å²) in [5.74, 6) is 0. The third-order valence-electron chi connectivity index (χ3n) is 2.05. The molecule has 0 N–H and O–H groups in total. The predicted molar refractivity (Wildman–Crippen MR) is 52.4 cm³/mol. The second kappa shape index (κ2) is 2.80. The maximum absolute atomic E-state index is 4.26. The summed E-state index contributed by atoms with van der Waals surface area (Å²) in [6.07, 6.45) is 7.86. The van der Waals surface area contributed by atoms with Crippen LogP contribution < -0.4 is 10.7 Å². The molecule has 2 rings (SSSR count). The lowest BCUT2D eigenvalue weighted by molar-refractivity contribution is 0.669. The first-order valence-corrected chi connectivity index (χ1v) is 4.37. The number of rotatable bonds is 0. The van der Waals surface area contributed by atoms with Gasteiger partial charge in [-0.05, 0) is 12.1 Å². The molecule has 0 atom stereocenters. The van der Waals surface area contributed by atoms with Gasteiger partial charge >= 0.3 is 0 Å². The third kappa shape index (κ3) is 1.66. The molecule has 1 aliphatic rings. The van der Waals surface area contributed by atoms with Crippen LogP contribution in [0.25, 0.3) is 6.08 Å². The van der Waals surface area contributed by atoms with Crippen molar-refractivity contribution in [3.63, 3.8) is 0 Å². The van der Waals surface area contributed by atoms with Gasteiger partial charge in [0.15, 0.2) is 5.49 Å². The van der Waals surface area contributed by atoms with Crippen molar-refractivity contribution in [3.8, 4) is 0 Å². The second-order valence-electron chi connectivity index (χ2n) is 3.83. The fourth-order valence-electron chi connectivity index (χ4n) is 1.38. The molecule has 0 bridgehead atoms. The maximum atomic E-state index is 4.26. The Morgan fingerprint density at radius 2 is 2.15 bits per heavy atom. The number of hydrogen-bond acceptors (Lipinski definition) is 2. The molecule has 0 unspecified atom stereocenters. The molecule has 0 radical (unpaired) electrons. The van der Waals surface area contributed by atoms with Crippen LogP contribution >= 0.6 is 0 Å². The first-order valence-electron chi connectivity index (χ1n) is 4.37. The number of aromatic nitrogens is 1. The summed E-state index contributed by atoms with van der Waals surface area (Å²) < 4.78 is 0. The van der Waals surface area contributed by atoms with E-state index in [1.165, 1.54) is 0 Å². The number of pyridine rings is 1. The molecular formula is C11H12N2. The fourth-order valence-corrected chi connectivity index (χ4v) is 1.38. The lowest BCUT2D eigenvalue weighted by atomic mass is 9.93. The molecular weight excluding hydrogens is 160 g/mol. The van der Waals surface area contributed by atoms with E-state index in [0.29, 0.717) is 0 Å². The van der Waals surface area contributed by atoms with Gasteiger partial charge in [0.2, 0.25) is 0 Å². The lowest BCUT2D eigenvalue weighted by Crippen LogP contribution is -2.28. The smallest absolute Gasteiger partial charge is 0.158 e. The Kier molecular flexibility index (Phi) is 1.76. The molecule has 0 saturated heterocycles. The van der Waals surface area contributed by atoms with Gasteiger partial charge in [0, 0.05) is 23.0 Å². The highest BCUT2D eigenvalue weighted by Crippen LogP contribution is 2.18. The van der Waals surface area contributed by atoms with Gasteiger partial charge in [0.1, 0.15) is 0 Å². The number of fused-ring (bicyclic) bond motifs is 1. The maximum Gasteiger partial charge on any atom is 0.158 e. The van der Waals surface area contributed by atoms with Crippen molar-refractivity contribution in [3.05, 3.63) is 41.3 Å². The molecule has 2 nitrogen and oxygen atoms in total. The minimum Gasteiger partial charge on any atom is -0.237 e. The average Bonchev–Trinajstić information content (AvgIpc) is 2.21. The van der Waals surface area contributed by atoms with E-state index in [1.54, 1.807) is 6.20 Å². The molecule has 0 saturated carbocycles. The van der Waals surface area contributed by atoms with Gasteiger partial charge in [0.25, 0.3) is 0 Å². The normalized spacial score (nSPS) is 18.0. The van der Waals surface area contributed by atoms with Crippen LogP contribution in [0.1, 0.15) is 13.8 Å². The molecule has 0 spiro atoms. The molecule has 1 aromatic heterocycles. The standard InChI is InChI=1S/C11H12N2/c1-11(2)5-7-13-10-9(8-11)4-3-6-12-10/h3-8H,1-2H3. The van der Waals surface area contributed by atoms with Crippen molar-refractivity contribution >= 4 is 6.08 Å². The van der Waals surface area contributed by atoms with E-state index in [0.717, 1.165) is 10.7 Å². The van der Waals surface area contributed by atoms with Gasteiger partial charge in [-0.15, -0.1) is 0 Å². The fraction of sp³-hybridized carbons (Fsp3) is 0.273. The molecule has 0 aliphatic carbocycles. The Balaban J connectivity index is 2.77. The Bertz CT molecular complexity index is 455. The number of nitrogens with zero attached hydrogens (tertiary/aromatic N) is 2. The van der Waals surface area contributed by atoms with E-state index >= 15 is 0 Å². The Labute approximate surface area is 77.4 Å². The van der Waals surface area contributed by atoms with Crippen LogP contribution in [0.5, 0.6) is 0 Å². The zero-order chi connectivity index (χ0) is 9.31. The first-order chi connectivity index (χ1) is 6.17. The minimum atomic E-state index is 0.0672. The largest absolute Gasteiger partial charge is 0.237 e. The molecule has 0 fully saturated rings. The van der Waals surface area contributed by atoms with Crippen LogP contribution in [-0.2, 0) is 0 Å². The quantitative estimate of drug-likeness (QED) is 0.574. The molecule has 0 aromatic carbocycles. The van der Waals surface area contributed by atoms with Crippen molar-refractivity contribution in [2.75, 3.05) is 0 Å². The number of allylic oxidation sites excluding steroid dienone is 1. The summed E-state index contributed by atoms with van der Waals surface area (Å²) in [6, 6.07) is 3.98. The molecule has 2 heterocycles. The Morgan fingerprint density at radius 1 is 1.31 bits per heavy atom. The topological polar surface area (TPSA) is 25.2 Å². The summed E-state index contributed by atoms with van der Waals surface area (Å²) in [6.45, 7) is 4.31. The summed E-state index contributed by atoms with van der Waals surface area (Å²) >= 11 is 0. The van der Waals surface area contributed by atoms with E-state index in [2.05, 4.69) is 36.0 Å². The van der Waals surface area contributed by atoms with Gasteiger partial charge in [-0.2, -0.15) is 0 Å². The van der Waals surface area contributed by atoms with Crippen molar-refractivity contribution < 1.29 is 0 Å². The zero-order valence-electron chi connectivity index (χ0n) is 7.86. The van der Waals surface area contributed by atoms with Crippen LogP contribution in [0.2, 0.25) is 0 Å². The zero-order valence-corrected chi connectivity index (χ0v) is 7.86. The van der Waals surface area contributed by atoms with E-state index in [1.807, 2.05) is 18.3 Å². The summed E-state index contributed by atoms with van der Waals surface area (Å²) in [5.41, 5.74) is 0.877. The molecule has 13 heavy (non-hydrogen) atoms. The highest BCUT2D eigenvalue weighted by atomic mass is 14.8. The average molecular weight is 172 g/mol. The van der Waals surface area contributed by atoms with Gasteiger partial charge in [0.05, 0.1) is 0 Å². The van der Waals surface area contributed by atoms with E-state index < -0.39 is 0 Å². The highest BCUT2D eigenvalue weighted by Gasteiger charge is 2.10. The summed E-state index contributed by atoms with van der Waals surface area (Å²) in [5, 5.41) is 1.11. The molecule has 1 aliphatic heterocycles. The molecule has 0 amide bonds. The Hall–Kier alpha value is -1.44. The monoisotopic (exact) mass is 172 g/mol. The van der Waals surface area contributed by atoms with Gasteiger partial charge in [-0.3, -0.25) is 0 Å². The van der Waals surface area contributed by atoms with E-state index in [9.17, 15) is 0 Å². The SMILES string of the molecule is CC1(C)C=CN=c2ncccc2=C1. The first kappa shape index (κ1) is 8.17. The van der Waals surface area contributed by atoms with Gasteiger partial charge < -0.3 is 0 Å². The lowest BCUT2D eigenvalue weighted by Gasteiger charge is -2.11.